The first kappa shape index (κ1) is 50.9. The summed E-state index contributed by atoms with van der Waals surface area (Å²) < 4.78 is 7.81. The summed E-state index contributed by atoms with van der Waals surface area (Å²) in [6.45, 7) is 4.07. The van der Waals surface area contributed by atoms with Crippen LogP contribution in [0.5, 0.6) is 0 Å². The molecule has 1 atom stereocenters. The molecule has 0 aliphatic carbocycles. The minimum Gasteiger partial charge on any atom is -1.00 e. The van der Waals surface area contributed by atoms with Crippen molar-refractivity contribution in [2.45, 2.75) is 28.7 Å². The van der Waals surface area contributed by atoms with E-state index in [4.69, 9.17) is 0 Å². The Balaban J connectivity index is 0.000000303. The van der Waals surface area contributed by atoms with Crippen LogP contribution in [0.1, 0.15) is 38.6 Å². The van der Waals surface area contributed by atoms with Crippen LogP contribution in [0.15, 0.2) is 160 Å². The number of aromatic amines is 2. The summed E-state index contributed by atoms with van der Waals surface area (Å²) in [5, 5.41) is 25.1. The van der Waals surface area contributed by atoms with Crippen molar-refractivity contribution in [3.63, 3.8) is 0 Å². The SMILES string of the molecule is C.C.CC1C=N[N+](C)=C1N=Nc1cn(C)c2ccccc12.C[n+]1ccc(C=Cc2c[nH]c3ccccc23)cc1.Cc1[nH]c2ccccc2c1N=Nc1ccc[n+](C)c1.[Cl-].[Cl-].[Cl-]. The third-order valence-corrected chi connectivity index (χ3v) is 9.47. The molecule has 14 heteroatoms. The highest BCUT2D eigenvalue weighted by Gasteiger charge is 2.25. The Kier molecular flexibility index (Phi) is 19.6. The summed E-state index contributed by atoms with van der Waals surface area (Å²) >= 11 is 0. The van der Waals surface area contributed by atoms with Crippen LogP contribution >= 0.6 is 0 Å². The molecule has 0 fully saturated rings. The number of aryl methyl sites for hydroxylation is 4. The van der Waals surface area contributed by atoms with Crippen LogP contribution in [0, 0.1) is 12.8 Å². The van der Waals surface area contributed by atoms with Crippen LogP contribution < -0.4 is 46.4 Å². The highest BCUT2D eigenvalue weighted by atomic mass is 35.5. The topological polar surface area (TPSA) is 109 Å². The first-order chi connectivity index (χ1) is 27.2. The number of hydrogen-bond donors (Lipinski definition) is 2. The average Bonchev–Trinajstić information content (AvgIpc) is 3.96. The van der Waals surface area contributed by atoms with Gasteiger partial charge in [0.2, 0.25) is 0 Å². The van der Waals surface area contributed by atoms with Crippen molar-refractivity contribution in [3.8, 4) is 0 Å². The molecule has 61 heavy (non-hydrogen) atoms. The van der Waals surface area contributed by atoms with Gasteiger partial charge in [-0.2, -0.15) is 0 Å². The van der Waals surface area contributed by atoms with Gasteiger partial charge in [0.25, 0.3) is 0 Å². The summed E-state index contributed by atoms with van der Waals surface area (Å²) in [7, 11) is 7.89. The van der Waals surface area contributed by atoms with E-state index in [-0.39, 0.29) is 58.0 Å². The first-order valence-electron chi connectivity index (χ1n) is 18.5. The van der Waals surface area contributed by atoms with Crippen molar-refractivity contribution >= 4 is 74.0 Å². The predicted octanol–water partition coefficient (Wildman–Crippen LogP) is 2.10. The molecule has 9 rings (SSSR count). The molecule has 1 unspecified atom stereocenters. The fourth-order valence-corrected chi connectivity index (χ4v) is 6.45. The predicted molar refractivity (Wildman–Crippen MR) is 239 cm³/mol. The van der Waals surface area contributed by atoms with Gasteiger partial charge >= 0.3 is 5.84 Å². The minimum atomic E-state index is 0. The van der Waals surface area contributed by atoms with Gasteiger partial charge in [0.15, 0.2) is 24.8 Å². The van der Waals surface area contributed by atoms with E-state index < -0.39 is 0 Å². The first-order valence-corrected chi connectivity index (χ1v) is 18.5. The second-order valence-corrected chi connectivity index (χ2v) is 13.8. The average molecular weight is 879 g/mol. The van der Waals surface area contributed by atoms with Crippen LogP contribution in [-0.4, -0.2) is 38.3 Å². The number of azo groups is 2. The number of rotatable bonds is 5. The third kappa shape index (κ3) is 12.4. The van der Waals surface area contributed by atoms with Gasteiger partial charge in [-0.1, -0.05) is 86.7 Å². The van der Waals surface area contributed by atoms with Gasteiger partial charge in [-0.15, -0.1) is 14.9 Å². The molecule has 0 bridgehead atoms. The molecule has 5 aromatic heterocycles. The van der Waals surface area contributed by atoms with E-state index in [1.54, 1.807) is 4.68 Å². The molecular weight excluding hydrogens is 825 g/mol. The molecule has 8 aromatic rings. The van der Waals surface area contributed by atoms with Gasteiger partial charge in [-0.05, 0) is 54.4 Å². The smallest absolute Gasteiger partial charge is 0.354 e. The molecule has 0 amide bonds. The monoisotopic (exact) mass is 877 g/mol. The molecule has 3 aromatic carbocycles. The summed E-state index contributed by atoms with van der Waals surface area (Å²) in [4.78, 5) is 6.59. The lowest BCUT2D eigenvalue weighted by molar-refractivity contribution is -0.671. The molecule has 318 valence electrons. The molecule has 0 saturated heterocycles. The van der Waals surface area contributed by atoms with Gasteiger partial charge in [0, 0.05) is 70.5 Å². The Morgan fingerprint density at radius 2 is 1.34 bits per heavy atom. The maximum absolute atomic E-state index is 4.39. The standard InChI is InChI=1S/C16H14N2.C15H15N4.C14H16N5.2CH4.3ClH/c1-18-10-8-13(9-11-18)6-7-14-12-17-16-5-3-2-4-15(14)16;1-11-15(13-7-3-4-8-14(13)16-11)18-17-12-6-5-9-19(2)10-12;1-10-8-15-19(3)14(10)17-16-12-9-18(2)13-7-5-4-6-11(12)13;;;;;/h2-12H,1H3;3-10,16H,1-2H3;4-10H,1-3H3;2*1H4;3*1H/q;2*+1;;;;;/p-2. The number of fused-ring (bicyclic) bond motifs is 3. The quantitative estimate of drug-likeness (QED) is 0.196. The molecular formula is C47H54Cl3N11. The Labute approximate surface area is 377 Å². The van der Waals surface area contributed by atoms with Crippen LogP contribution in [0.2, 0.25) is 0 Å². The second kappa shape index (κ2) is 23.5. The second-order valence-electron chi connectivity index (χ2n) is 13.8. The normalized spacial score (nSPS) is 12.9. The van der Waals surface area contributed by atoms with Gasteiger partial charge in [0.05, 0.1) is 16.8 Å². The maximum atomic E-state index is 4.39. The number of hydrazone groups is 1. The number of nitrogens with zero attached hydrogens (tertiary/aromatic N) is 9. The zero-order valence-corrected chi connectivity index (χ0v) is 35.9. The minimum absolute atomic E-state index is 0. The van der Waals surface area contributed by atoms with Crippen LogP contribution in [0.4, 0.5) is 17.1 Å². The lowest BCUT2D eigenvalue weighted by Gasteiger charge is -1.92. The maximum Gasteiger partial charge on any atom is 0.354 e. The molecule has 1 aliphatic rings. The number of pyridine rings is 2. The number of aromatic nitrogens is 5. The third-order valence-electron chi connectivity index (χ3n) is 9.47. The largest absolute Gasteiger partial charge is 1.00 e. The number of hydrogen-bond acceptors (Lipinski definition) is 5. The van der Waals surface area contributed by atoms with E-state index in [0.29, 0.717) is 0 Å². The molecule has 6 heterocycles. The van der Waals surface area contributed by atoms with E-state index in [0.717, 1.165) is 50.4 Å². The lowest BCUT2D eigenvalue weighted by atomic mass is 10.1. The molecule has 0 saturated carbocycles. The summed E-state index contributed by atoms with van der Waals surface area (Å²) in [5.41, 5.74) is 9.52. The number of H-pyrrole nitrogens is 2. The van der Waals surface area contributed by atoms with Crippen molar-refractivity contribution in [3.05, 3.63) is 151 Å². The Bertz CT molecular complexity index is 2790. The summed E-state index contributed by atoms with van der Waals surface area (Å²) in [6.07, 6.45) is 18.2. The van der Waals surface area contributed by atoms with Crippen molar-refractivity contribution in [1.82, 2.24) is 14.5 Å². The summed E-state index contributed by atoms with van der Waals surface area (Å²) in [6, 6.07) is 32.7. The number of para-hydroxylation sites is 3. The van der Waals surface area contributed by atoms with Crippen molar-refractivity contribution in [2.75, 3.05) is 7.05 Å². The van der Waals surface area contributed by atoms with Crippen LogP contribution in [0.25, 0.3) is 44.9 Å². The number of halogens is 3. The highest BCUT2D eigenvalue weighted by molar-refractivity contribution is 5.97. The van der Waals surface area contributed by atoms with E-state index >= 15 is 0 Å². The van der Waals surface area contributed by atoms with Gasteiger partial charge in [0.1, 0.15) is 44.1 Å². The number of benzene rings is 3. The molecule has 1 aliphatic heterocycles. The van der Waals surface area contributed by atoms with Gasteiger partial charge in [-0.25, -0.2) is 9.13 Å². The van der Waals surface area contributed by atoms with E-state index in [2.05, 4.69) is 120 Å². The van der Waals surface area contributed by atoms with Crippen molar-refractivity contribution in [2.24, 2.45) is 52.6 Å². The van der Waals surface area contributed by atoms with Crippen molar-refractivity contribution < 1.29 is 51.0 Å². The van der Waals surface area contributed by atoms with Gasteiger partial charge < -0.3 is 51.8 Å². The molecule has 0 radical (unpaired) electrons. The molecule has 11 nitrogen and oxygen atoms in total. The van der Waals surface area contributed by atoms with E-state index in [1.165, 1.54) is 22.0 Å². The Morgan fingerprint density at radius 3 is 2.03 bits per heavy atom. The zero-order chi connectivity index (χ0) is 39.0. The molecule has 0 spiro atoms. The van der Waals surface area contributed by atoms with Crippen LogP contribution in [0.3, 0.4) is 0 Å². The number of amidine groups is 1. The van der Waals surface area contributed by atoms with Crippen molar-refractivity contribution in [1.29, 1.82) is 0 Å². The zero-order valence-electron chi connectivity index (χ0n) is 33.7. The Morgan fingerprint density at radius 1 is 0.689 bits per heavy atom. The van der Waals surface area contributed by atoms with Crippen LogP contribution in [-0.2, 0) is 21.1 Å². The van der Waals surface area contributed by atoms with Gasteiger partial charge in [-0.3, -0.25) is 0 Å². The molecule has 2 N–H and O–H groups in total. The highest BCUT2D eigenvalue weighted by Crippen LogP contribution is 2.31. The van der Waals surface area contributed by atoms with E-state index in [1.807, 2.05) is 124 Å². The Hall–Kier alpha value is -6.27. The van der Waals surface area contributed by atoms with E-state index in [9.17, 15) is 0 Å². The summed E-state index contributed by atoms with van der Waals surface area (Å²) in [5.74, 6) is 1.08. The number of nitrogens with one attached hydrogen (secondary N) is 2. The fourth-order valence-electron chi connectivity index (χ4n) is 6.45. The fraction of sp³-hybridized carbons (Fsp3) is 0.191. The lowest BCUT2D eigenvalue weighted by Crippen LogP contribution is -3.00.